The van der Waals surface area contributed by atoms with Crippen molar-refractivity contribution in [2.24, 2.45) is 17.6 Å². The van der Waals surface area contributed by atoms with Gasteiger partial charge in [-0.1, -0.05) is 51.0 Å². The van der Waals surface area contributed by atoms with Crippen molar-refractivity contribution in [3.05, 3.63) is 35.4 Å². The van der Waals surface area contributed by atoms with Gasteiger partial charge in [0.2, 0.25) is 0 Å². The van der Waals surface area contributed by atoms with E-state index in [1.165, 1.54) is 0 Å². The zero-order valence-electron chi connectivity index (χ0n) is 16.9. The Balaban J connectivity index is 1.81. The molecule has 0 bridgehead atoms. The molecule has 2 N–H and O–H groups in total. The fourth-order valence-corrected chi connectivity index (χ4v) is 3.78. The van der Waals surface area contributed by atoms with Crippen LogP contribution in [-0.2, 0) is 9.53 Å². The van der Waals surface area contributed by atoms with E-state index in [0.29, 0.717) is 18.9 Å². The minimum absolute atomic E-state index is 0.116. The third-order valence-corrected chi connectivity index (χ3v) is 5.79. The molecule has 0 aliphatic heterocycles. The summed E-state index contributed by atoms with van der Waals surface area (Å²) in [6.07, 6.45) is 7.59. The average molecular weight is 374 g/mol. The Morgan fingerprint density at radius 1 is 1.11 bits per heavy atom. The van der Waals surface area contributed by atoms with Crippen molar-refractivity contribution in [3.8, 4) is 0 Å². The Kier molecular flexibility index (Phi) is 8.99. The molecule has 2 rings (SSSR count). The number of benzene rings is 1. The van der Waals surface area contributed by atoms with Crippen LogP contribution in [0, 0.1) is 11.8 Å². The third kappa shape index (κ3) is 6.76. The van der Waals surface area contributed by atoms with Crippen LogP contribution < -0.4 is 5.73 Å². The highest BCUT2D eigenvalue weighted by Gasteiger charge is 2.26. The minimum atomic E-state index is -0.116. The molecular weight excluding hydrogens is 338 g/mol. The monoisotopic (exact) mass is 373 g/mol. The molecule has 1 saturated carbocycles. The summed E-state index contributed by atoms with van der Waals surface area (Å²) >= 11 is 0. The first-order valence-electron chi connectivity index (χ1n) is 10.5. The molecule has 1 atom stereocenters. The number of carbonyl (C=O) groups excluding carboxylic acids is 2. The van der Waals surface area contributed by atoms with Crippen molar-refractivity contribution in [1.29, 1.82) is 0 Å². The molecule has 0 aromatic heterocycles. The second kappa shape index (κ2) is 11.2. The van der Waals surface area contributed by atoms with Gasteiger partial charge in [0.1, 0.15) is 0 Å². The summed E-state index contributed by atoms with van der Waals surface area (Å²) < 4.78 is 5.38. The third-order valence-electron chi connectivity index (χ3n) is 5.79. The van der Waals surface area contributed by atoms with Gasteiger partial charge in [0.25, 0.3) is 0 Å². The van der Waals surface area contributed by atoms with Gasteiger partial charge in [-0.2, -0.15) is 0 Å². The van der Waals surface area contributed by atoms with Gasteiger partial charge in [-0.15, -0.1) is 0 Å². The van der Waals surface area contributed by atoms with E-state index < -0.39 is 0 Å². The van der Waals surface area contributed by atoms with E-state index >= 15 is 0 Å². The number of ketones is 1. The van der Waals surface area contributed by atoms with Crippen LogP contribution in [0.25, 0.3) is 0 Å². The molecule has 1 unspecified atom stereocenters. The lowest BCUT2D eigenvalue weighted by Crippen LogP contribution is -2.25. The number of ether oxygens (including phenoxy) is 1. The van der Waals surface area contributed by atoms with E-state index in [2.05, 4.69) is 6.92 Å². The van der Waals surface area contributed by atoms with Crippen LogP contribution in [-0.4, -0.2) is 24.9 Å². The summed E-state index contributed by atoms with van der Waals surface area (Å²) in [4.78, 5) is 24.5. The largest absolute Gasteiger partial charge is 0.465 e. The Morgan fingerprint density at radius 3 is 2.37 bits per heavy atom. The Labute approximate surface area is 163 Å². The van der Waals surface area contributed by atoms with Gasteiger partial charge < -0.3 is 10.5 Å². The Hall–Kier alpha value is -1.68. The van der Waals surface area contributed by atoms with Gasteiger partial charge in [-0.25, -0.2) is 0 Å². The smallest absolute Gasteiger partial charge is 0.305 e. The molecule has 1 aromatic carbocycles. The number of Topliss-reactive ketones (excluding diaryl/α,β-unsaturated/α-hetero) is 1. The molecular formula is C23H35NO3. The summed E-state index contributed by atoms with van der Waals surface area (Å²) in [5, 5.41) is 0. The van der Waals surface area contributed by atoms with Crippen LogP contribution in [0.2, 0.25) is 0 Å². The van der Waals surface area contributed by atoms with Gasteiger partial charge in [0, 0.05) is 23.8 Å². The van der Waals surface area contributed by atoms with Crippen LogP contribution in [0.5, 0.6) is 0 Å². The van der Waals surface area contributed by atoms with Gasteiger partial charge in [0.05, 0.1) is 6.61 Å². The number of unbranched alkanes of at least 4 members (excludes halogenated alkanes) is 2. The second-order valence-electron chi connectivity index (χ2n) is 7.98. The first kappa shape index (κ1) is 21.6. The Bertz CT molecular complexity index is 588. The quantitative estimate of drug-likeness (QED) is 0.361. The van der Waals surface area contributed by atoms with E-state index in [1.54, 1.807) is 0 Å². The molecule has 1 fully saturated rings. The van der Waals surface area contributed by atoms with Crippen LogP contribution in [0.3, 0.4) is 0 Å². The number of hydrogen-bond donors (Lipinski definition) is 1. The summed E-state index contributed by atoms with van der Waals surface area (Å²) in [5.41, 5.74) is 7.63. The SMILES string of the molecule is CCCCCC(=O)OCC(C)c1ccc(C(=O)C2CCC(CN)CC2)cc1. The van der Waals surface area contributed by atoms with Crippen molar-refractivity contribution in [2.75, 3.05) is 13.2 Å². The fraction of sp³-hybridized carbons (Fsp3) is 0.652. The zero-order chi connectivity index (χ0) is 19.6. The summed E-state index contributed by atoms with van der Waals surface area (Å²) in [6, 6.07) is 7.83. The maximum absolute atomic E-state index is 12.7. The Morgan fingerprint density at radius 2 is 1.78 bits per heavy atom. The highest BCUT2D eigenvalue weighted by Crippen LogP contribution is 2.30. The molecule has 0 radical (unpaired) electrons. The molecule has 4 heteroatoms. The van der Waals surface area contributed by atoms with Gasteiger partial charge in [-0.3, -0.25) is 9.59 Å². The average Bonchev–Trinajstić information content (AvgIpc) is 2.72. The first-order valence-corrected chi connectivity index (χ1v) is 10.5. The summed E-state index contributed by atoms with van der Waals surface area (Å²) in [7, 11) is 0. The lowest BCUT2D eigenvalue weighted by atomic mass is 9.78. The summed E-state index contributed by atoms with van der Waals surface area (Å²) in [5.74, 6) is 0.994. The predicted molar refractivity (Wildman–Crippen MR) is 109 cm³/mol. The van der Waals surface area contributed by atoms with Crippen LogP contribution >= 0.6 is 0 Å². The van der Waals surface area contributed by atoms with Crippen LogP contribution in [0.1, 0.15) is 87.1 Å². The predicted octanol–water partition coefficient (Wildman–Crippen LogP) is 4.86. The molecule has 4 nitrogen and oxygen atoms in total. The maximum Gasteiger partial charge on any atom is 0.305 e. The number of nitrogens with two attached hydrogens (primary N) is 1. The maximum atomic E-state index is 12.7. The van der Waals surface area contributed by atoms with E-state index in [1.807, 2.05) is 31.2 Å². The minimum Gasteiger partial charge on any atom is -0.465 e. The van der Waals surface area contributed by atoms with Crippen LogP contribution in [0.4, 0.5) is 0 Å². The van der Waals surface area contributed by atoms with Gasteiger partial charge in [0.15, 0.2) is 5.78 Å². The molecule has 0 spiro atoms. The molecule has 0 heterocycles. The normalized spacial score (nSPS) is 20.9. The van der Waals surface area contributed by atoms with Crippen molar-refractivity contribution < 1.29 is 14.3 Å². The van der Waals surface area contributed by atoms with E-state index in [4.69, 9.17) is 10.5 Å². The lowest BCUT2D eigenvalue weighted by Gasteiger charge is -2.26. The molecule has 0 saturated heterocycles. The summed E-state index contributed by atoms with van der Waals surface area (Å²) in [6.45, 7) is 5.29. The van der Waals surface area contributed by atoms with E-state index in [-0.39, 0.29) is 23.6 Å². The number of hydrogen-bond acceptors (Lipinski definition) is 4. The van der Waals surface area contributed by atoms with E-state index in [9.17, 15) is 9.59 Å². The topological polar surface area (TPSA) is 69.4 Å². The van der Waals surface area contributed by atoms with E-state index in [0.717, 1.165) is 62.6 Å². The van der Waals surface area contributed by atoms with Crippen molar-refractivity contribution in [2.45, 2.75) is 71.1 Å². The number of rotatable bonds is 10. The molecule has 27 heavy (non-hydrogen) atoms. The fourth-order valence-electron chi connectivity index (χ4n) is 3.78. The van der Waals surface area contributed by atoms with Crippen molar-refractivity contribution in [3.63, 3.8) is 0 Å². The lowest BCUT2D eigenvalue weighted by molar-refractivity contribution is -0.144. The molecule has 1 aliphatic rings. The number of esters is 1. The highest BCUT2D eigenvalue weighted by atomic mass is 16.5. The molecule has 1 aromatic rings. The number of carbonyl (C=O) groups is 2. The molecule has 0 amide bonds. The standard InChI is InChI=1S/C23H35NO3/c1-3-4-5-6-22(25)27-16-17(2)19-11-13-21(14-12-19)23(26)20-9-7-18(15-24)8-10-20/h11-14,17-18,20H,3-10,15-16,24H2,1-2H3. The first-order chi connectivity index (χ1) is 13.0. The molecule has 1 aliphatic carbocycles. The van der Waals surface area contributed by atoms with Gasteiger partial charge in [-0.05, 0) is 50.1 Å². The zero-order valence-corrected chi connectivity index (χ0v) is 16.9. The van der Waals surface area contributed by atoms with Crippen molar-refractivity contribution >= 4 is 11.8 Å². The molecule has 150 valence electrons. The highest BCUT2D eigenvalue weighted by molar-refractivity contribution is 5.97. The van der Waals surface area contributed by atoms with Crippen molar-refractivity contribution in [1.82, 2.24) is 0 Å². The van der Waals surface area contributed by atoms with Crippen LogP contribution in [0.15, 0.2) is 24.3 Å². The second-order valence-corrected chi connectivity index (χ2v) is 7.98. The van der Waals surface area contributed by atoms with Gasteiger partial charge >= 0.3 is 5.97 Å².